The summed E-state index contributed by atoms with van der Waals surface area (Å²) in [7, 11) is 0. The van der Waals surface area contributed by atoms with Gasteiger partial charge in [0.05, 0.1) is 0 Å². The van der Waals surface area contributed by atoms with E-state index in [0.29, 0.717) is 0 Å². The molecule has 1 atom stereocenters. The molecule has 0 rings (SSSR count). The van der Waals surface area contributed by atoms with Gasteiger partial charge in [0.15, 0.2) is 0 Å². The fourth-order valence-electron chi connectivity index (χ4n) is 2.05. The highest BCUT2D eigenvalue weighted by Gasteiger charge is 2.08. The minimum atomic E-state index is -0.180. The zero-order chi connectivity index (χ0) is 12.9. The Balaban J connectivity index is 3.06. The molecule has 0 fully saturated rings. The SMILES string of the molecule is CCCCCCCCCCCCC(C)C(=O)Cl. The first-order valence-electron chi connectivity index (χ1n) is 7.37. The quantitative estimate of drug-likeness (QED) is 0.325. The van der Waals surface area contributed by atoms with Crippen molar-refractivity contribution in [2.45, 2.75) is 84.5 Å². The lowest BCUT2D eigenvalue weighted by Gasteiger charge is -2.05. The molecule has 0 aromatic carbocycles. The third-order valence-corrected chi connectivity index (χ3v) is 3.75. The molecule has 0 saturated heterocycles. The highest BCUT2D eigenvalue weighted by Crippen LogP contribution is 2.15. The fraction of sp³-hybridized carbons (Fsp3) is 0.933. The second-order valence-corrected chi connectivity index (χ2v) is 5.55. The molecule has 0 saturated carbocycles. The molecule has 2 heteroatoms. The van der Waals surface area contributed by atoms with E-state index in [4.69, 9.17) is 11.6 Å². The smallest absolute Gasteiger partial charge is 0.224 e. The molecule has 0 amide bonds. The van der Waals surface area contributed by atoms with Crippen LogP contribution >= 0.6 is 11.6 Å². The van der Waals surface area contributed by atoms with Crippen molar-refractivity contribution in [1.29, 1.82) is 0 Å². The number of unbranched alkanes of at least 4 members (excludes halogenated alkanes) is 9. The summed E-state index contributed by atoms with van der Waals surface area (Å²) in [5.74, 6) is 0.0470. The van der Waals surface area contributed by atoms with Crippen LogP contribution in [0.5, 0.6) is 0 Å². The zero-order valence-electron chi connectivity index (χ0n) is 11.6. The van der Waals surface area contributed by atoms with Gasteiger partial charge in [0.1, 0.15) is 0 Å². The number of hydrogen-bond donors (Lipinski definition) is 0. The van der Waals surface area contributed by atoms with Crippen molar-refractivity contribution in [2.75, 3.05) is 0 Å². The van der Waals surface area contributed by atoms with Crippen LogP contribution in [0.4, 0.5) is 0 Å². The summed E-state index contributed by atoms with van der Waals surface area (Å²) in [5.41, 5.74) is 0. The van der Waals surface area contributed by atoms with Crippen LogP contribution in [0, 0.1) is 5.92 Å². The van der Waals surface area contributed by atoms with E-state index in [-0.39, 0.29) is 11.2 Å². The van der Waals surface area contributed by atoms with Crippen molar-refractivity contribution < 1.29 is 4.79 Å². The molecule has 0 aliphatic rings. The fourth-order valence-corrected chi connectivity index (χ4v) is 2.16. The van der Waals surface area contributed by atoms with Gasteiger partial charge in [0.25, 0.3) is 0 Å². The van der Waals surface area contributed by atoms with Crippen LogP contribution in [0.25, 0.3) is 0 Å². The minimum Gasteiger partial charge on any atom is -0.281 e. The van der Waals surface area contributed by atoms with Crippen LogP contribution in [0.3, 0.4) is 0 Å². The summed E-state index contributed by atoms with van der Waals surface area (Å²) in [5, 5.41) is -0.180. The maximum Gasteiger partial charge on any atom is 0.224 e. The van der Waals surface area contributed by atoms with Gasteiger partial charge in [0.2, 0.25) is 5.24 Å². The maximum absolute atomic E-state index is 10.8. The normalized spacial score (nSPS) is 12.6. The van der Waals surface area contributed by atoms with Gasteiger partial charge >= 0.3 is 0 Å². The number of hydrogen-bond acceptors (Lipinski definition) is 1. The Morgan fingerprint density at radius 2 is 1.29 bits per heavy atom. The van der Waals surface area contributed by atoms with E-state index in [1.54, 1.807) is 0 Å². The van der Waals surface area contributed by atoms with E-state index >= 15 is 0 Å². The van der Waals surface area contributed by atoms with E-state index < -0.39 is 0 Å². The Labute approximate surface area is 112 Å². The van der Waals surface area contributed by atoms with Gasteiger partial charge in [-0.3, -0.25) is 4.79 Å². The molecule has 0 aromatic rings. The number of carbonyl (C=O) groups excluding carboxylic acids is 1. The summed E-state index contributed by atoms with van der Waals surface area (Å²) in [6.45, 7) is 4.18. The van der Waals surface area contributed by atoms with Crippen LogP contribution in [0.2, 0.25) is 0 Å². The van der Waals surface area contributed by atoms with E-state index in [1.807, 2.05) is 6.92 Å². The summed E-state index contributed by atoms with van der Waals surface area (Å²) in [6.07, 6.45) is 14.4. The molecule has 102 valence electrons. The van der Waals surface area contributed by atoms with Gasteiger partial charge in [-0.25, -0.2) is 0 Å². The molecule has 17 heavy (non-hydrogen) atoms. The highest BCUT2D eigenvalue weighted by molar-refractivity contribution is 6.63. The van der Waals surface area contributed by atoms with E-state index in [2.05, 4.69) is 6.92 Å². The molecule has 1 nitrogen and oxygen atoms in total. The van der Waals surface area contributed by atoms with Crippen LogP contribution in [0.1, 0.15) is 84.5 Å². The van der Waals surface area contributed by atoms with Gasteiger partial charge in [0, 0.05) is 5.92 Å². The Hall–Kier alpha value is -0.0400. The number of halogens is 1. The maximum atomic E-state index is 10.8. The van der Waals surface area contributed by atoms with Gasteiger partial charge in [-0.15, -0.1) is 0 Å². The molecule has 0 aliphatic heterocycles. The minimum absolute atomic E-state index is 0.0470. The van der Waals surface area contributed by atoms with Crippen LogP contribution in [-0.2, 0) is 4.79 Å². The third kappa shape index (κ3) is 12.2. The van der Waals surface area contributed by atoms with Gasteiger partial charge in [-0.1, -0.05) is 78.1 Å². The van der Waals surface area contributed by atoms with Crippen molar-refractivity contribution in [3.8, 4) is 0 Å². The lowest BCUT2D eigenvalue weighted by molar-refractivity contribution is -0.114. The molecule has 0 bridgehead atoms. The second-order valence-electron chi connectivity index (χ2n) is 5.18. The van der Waals surface area contributed by atoms with Crippen molar-refractivity contribution in [1.82, 2.24) is 0 Å². The van der Waals surface area contributed by atoms with Crippen LogP contribution in [-0.4, -0.2) is 5.24 Å². The molecule has 0 aromatic heterocycles. The lowest BCUT2D eigenvalue weighted by Crippen LogP contribution is -2.02. The van der Waals surface area contributed by atoms with Gasteiger partial charge in [-0.2, -0.15) is 0 Å². The predicted octanol–water partition coefficient (Wildman–Crippen LogP) is 5.70. The standard InChI is InChI=1S/C15H29ClO/c1-3-4-5-6-7-8-9-10-11-12-13-14(2)15(16)17/h14H,3-13H2,1-2H3. The molecule has 0 N–H and O–H groups in total. The highest BCUT2D eigenvalue weighted by atomic mass is 35.5. The largest absolute Gasteiger partial charge is 0.281 e. The first-order valence-corrected chi connectivity index (χ1v) is 7.75. The lowest BCUT2D eigenvalue weighted by atomic mass is 10.0. The first kappa shape index (κ1) is 17.0. The topological polar surface area (TPSA) is 17.1 Å². The zero-order valence-corrected chi connectivity index (χ0v) is 12.4. The van der Waals surface area contributed by atoms with E-state index in [1.165, 1.54) is 57.8 Å². The van der Waals surface area contributed by atoms with E-state index in [0.717, 1.165) is 12.8 Å². The van der Waals surface area contributed by atoms with Crippen LogP contribution < -0.4 is 0 Å². The van der Waals surface area contributed by atoms with E-state index in [9.17, 15) is 4.79 Å². The molecule has 0 spiro atoms. The molecule has 0 aliphatic carbocycles. The summed E-state index contributed by atoms with van der Waals surface area (Å²) >= 11 is 5.41. The molecule has 0 radical (unpaired) electrons. The third-order valence-electron chi connectivity index (χ3n) is 3.38. The summed E-state index contributed by atoms with van der Waals surface area (Å²) in [6, 6.07) is 0. The molecule has 0 heterocycles. The van der Waals surface area contributed by atoms with Crippen LogP contribution in [0.15, 0.2) is 0 Å². The summed E-state index contributed by atoms with van der Waals surface area (Å²) < 4.78 is 0. The van der Waals surface area contributed by atoms with Crippen molar-refractivity contribution in [2.24, 2.45) is 5.92 Å². The predicted molar refractivity (Wildman–Crippen MR) is 76.5 cm³/mol. The van der Waals surface area contributed by atoms with Crippen molar-refractivity contribution >= 4 is 16.8 Å². The summed E-state index contributed by atoms with van der Waals surface area (Å²) in [4.78, 5) is 10.8. The molecule has 1 unspecified atom stereocenters. The van der Waals surface area contributed by atoms with Crippen molar-refractivity contribution in [3.63, 3.8) is 0 Å². The Kier molecular flexibility index (Phi) is 12.4. The van der Waals surface area contributed by atoms with Crippen molar-refractivity contribution in [3.05, 3.63) is 0 Å². The molecular formula is C15H29ClO. The average molecular weight is 261 g/mol. The van der Waals surface area contributed by atoms with Gasteiger partial charge in [-0.05, 0) is 18.0 Å². The number of carbonyl (C=O) groups is 1. The van der Waals surface area contributed by atoms with Gasteiger partial charge < -0.3 is 0 Å². The Bertz CT molecular complexity index is 180. The Morgan fingerprint density at radius 1 is 0.882 bits per heavy atom. The second kappa shape index (κ2) is 12.4. The average Bonchev–Trinajstić information content (AvgIpc) is 2.31. The Morgan fingerprint density at radius 3 is 1.71 bits per heavy atom. The first-order chi connectivity index (χ1) is 8.18. The number of rotatable bonds is 12. The molecular weight excluding hydrogens is 232 g/mol. The monoisotopic (exact) mass is 260 g/mol.